The number of hydrogen-bond acceptors (Lipinski definition) is 2. The minimum atomic E-state index is 0.268. The second-order valence-corrected chi connectivity index (χ2v) is 1.87. The second kappa shape index (κ2) is 2.09. The first-order valence-corrected chi connectivity index (χ1v) is 2.50. The van der Waals surface area contributed by atoms with Crippen LogP contribution in [0.15, 0.2) is 12.2 Å². The van der Waals surface area contributed by atoms with Gasteiger partial charge in [-0.3, -0.25) is 4.79 Å². The lowest BCUT2D eigenvalue weighted by atomic mass is 10.2. The van der Waals surface area contributed by atoms with Crippen molar-refractivity contribution < 1.29 is 9.53 Å². The molecule has 8 heavy (non-hydrogen) atoms. The van der Waals surface area contributed by atoms with E-state index in [-0.39, 0.29) is 6.10 Å². The van der Waals surface area contributed by atoms with Gasteiger partial charge in [-0.15, -0.1) is 0 Å². The quantitative estimate of drug-likeness (QED) is 0.390. The van der Waals surface area contributed by atoms with Crippen molar-refractivity contribution in [2.45, 2.75) is 12.5 Å². The third-order valence-corrected chi connectivity index (χ3v) is 1.02. The van der Waals surface area contributed by atoms with E-state index in [1.54, 1.807) is 6.29 Å². The van der Waals surface area contributed by atoms with Crippen molar-refractivity contribution in [3.63, 3.8) is 0 Å². The van der Waals surface area contributed by atoms with Gasteiger partial charge in [-0.25, -0.2) is 0 Å². The van der Waals surface area contributed by atoms with Crippen LogP contribution >= 0.6 is 0 Å². The van der Waals surface area contributed by atoms with E-state index in [0.717, 1.165) is 6.61 Å². The van der Waals surface area contributed by atoms with Gasteiger partial charge in [0.15, 0.2) is 0 Å². The molecule has 0 aliphatic carbocycles. The van der Waals surface area contributed by atoms with E-state index in [2.05, 4.69) is 6.58 Å². The fourth-order valence-electron chi connectivity index (χ4n) is 0.502. The minimum absolute atomic E-state index is 0.268. The Labute approximate surface area is 48.1 Å². The second-order valence-electron chi connectivity index (χ2n) is 1.87. The molecule has 1 aliphatic rings. The maximum Gasteiger partial charge on any atom is 0.228 e. The van der Waals surface area contributed by atoms with Crippen LogP contribution < -0.4 is 0 Å². The van der Waals surface area contributed by atoms with Crippen molar-refractivity contribution in [2.75, 3.05) is 6.61 Å². The molecule has 1 heterocycles. The molecule has 43 valence electrons. The largest absolute Gasteiger partial charge is 0.373 e. The molecule has 0 N–H and O–H groups in total. The summed E-state index contributed by atoms with van der Waals surface area (Å²) in [5.74, 6) is 0. The van der Waals surface area contributed by atoms with Gasteiger partial charge in [0, 0.05) is 6.42 Å². The van der Waals surface area contributed by atoms with Crippen molar-refractivity contribution in [2.24, 2.45) is 0 Å². The van der Waals surface area contributed by atoms with Crippen LogP contribution in [-0.4, -0.2) is 19.0 Å². The van der Waals surface area contributed by atoms with Crippen LogP contribution in [0.5, 0.6) is 0 Å². The van der Waals surface area contributed by atoms with Crippen molar-refractivity contribution in [3.05, 3.63) is 12.2 Å². The van der Waals surface area contributed by atoms with Crippen molar-refractivity contribution in [1.82, 2.24) is 0 Å². The number of epoxide rings is 1. The van der Waals surface area contributed by atoms with E-state index in [1.165, 1.54) is 0 Å². The fourth-order valence-corrected chi connectivity index (χ4v) is 0.502. The topological polar surface area (TPSA) is 29.6 Å². The van der Waals surface area contributed by atoms with Crippen LogP contribution in [0, 0.1) is 0 Å². The maximum atomic E-state index is 9.79. The van der Waals surface area contributed by atoms with Gasteiger partial charge >= 0.3 is 0 Å². The summed E-state index contributed by atoms with van der Waals surface area (Å²) in [7, 11) is 0. The van der Waals surface area contributed by atoms with Crippen molar-refractivity contribution >= 4 is 6.29 Å². The highest BCUT2D eigenvalue weighted by Gasteiger charge is 2.22. The molecule has 1 saturated heterocycles. The van der Waals surface area contributed by atoms with Crippen LogP contribution in [0.25, 0.3) is 0 Å². The molecule has 1 atom stereocenters. The Bertz CT molecular complexity index is 114. The molecular weight excluding hydrogens is 104 g/mol. The van der Waals surface area contributed by atoms with Gasteiger partial charge < -0.3 is 4.74 Å². The highest BCUT2D eigenvalue weighted by atomic mass is 16.6. The molecule has 2 nitrogen and oxygen atoms in total. The lowest BCUT2D eigenvalue weighted by Crippen LogP contribution is -1.88. The zero-order valence-electron chi connectivity index (χ0n) is 4.52. The monoisotopic (exact) mass is 111 g/mol. The average molecular weight is 111 g/mol. The molecule has 1 aliphatic heterocycles. The fraction of sp³-hybridized carbons (Fsp3) is 0.500. The molecule has 0 aromatic heterocycles. The van der Waals surface area contributed by atoms with Crippen LogP contribution in [0.2, 0.25) is 0 Å². The van der Waals surface area contributed by atoms with E-state index < -0.39 is 0 Å². The van der Waals surface area contributed by atoms with E-state index in [4.69, 9.17) is 4.74 Å². The zero-order valence-corrected chi connectivity index (χ0v) is 4.52. The van der Waals surface area contributed by atoms with E-state index in [9.17, 15) is 4.79 Å². The van der Waals surface area contributed by atoms with Gasteiger partial charge in [0.25, 0.3) is 0 Å². The Kier molecular flexibility index (Phi) is 1.44. The summed E-state index contributed by atoms with van der Waals surface area (Å²) >= 11 is 0. The number of rotatable bonds is 3. The van der Waals surface area contributed by atoms with Crippen LogP contribution in [0.1, 0.15) is 6.42 Å². The maximum absolute atomic E-state index is 9.79. The standard InChI is InChI=1S/C6H7O2/c1-5(3-7)2-6-4-8-6/h6H,1-2,4H2. The summed E-state index contributed by atoms with van der Waals surface area (Å²) < 4.78 is 4.84. The van der Waals surface area contributed by atoms with Crippen molar-refractivity contribution in [1.29, 1.82) is 0 Å². The first kappa shape index (κ1) is 5.51. The van der Waals surface area contributed by atoms with Crippen LogP contribution in [0.4, 0.5) is 0 Å². The lowest BCUT2D eigenvalue weighted by molar-refractivity contribution is 0.408. The SMILES string of the molecule is C=C([C]=O)CC1CO1. The first-order valence-electron chi connectivity index (χ1n) is 2.50. The van der Waals surface area contributed by atoms with Gasteiger partial charge in [0.1, 0.15) is 0 Å². The summed E-state index contributed by atoms with van der Waals surface area (Å²) in [6.45, 7) is 4.23. The lowest BCUT2D eigenvalue weighted by Gasteiger charge is -1.85. The molecule has 1 fully saturated rings. The van der Waals surface area contributed by atoms with E-state index >= 15 is 0 Å². The predicted octanol–water partition coefficient (Wildman–Crippen LogP) is 0.441. The number of hydrogen-bond donors (Lipinski definition) is 0. The summed E-state index contributed by atoms with van der Waals surface area (Å²) in [4.78, 5) is 9.79. The van der Waals surface area contributed by atoms with Gasteiger partial charge in [0.05, 0.1) is 12.7 Å². The number of ether oxygens (including phenoxy) is 1. The first-order chi connectivity index (χ1) is 3.83. The van der Waals surface area contributed by atoms with Crippen LogP contribution in [0.3, 0.4) is 0 Å². The predicted molar refractivity (Wildman–Crippen MR) is 29.2 cm³/mol. The third-order valence-electron chi connectivity index (χ3n) is 1.02. The van der Waals surface area contributed by atoms with Crippen LogP contribution in [-0.2, 0) is 9.53 Å². The molecular formula is C6H7O2. The summed E-state index contributed by atoms with van der Waals surface area (Å²) in [5, 5.41) is 0. The van der Waals surface area contributed by atoms with E-state index in [1.807, 2.05) is 0 Å². The highest BCUT2D eigenvalue weighted by Crippen LogP contribution is 2.16. The summed E-state index contributed by atoms with van der Waals surface area (Å²) in [6.07, 6.45) is 2.64. The smallest absolute Gasteiger partial charge is 0.228 e. The normalized spacial score (nSPS) is 24.8. The minimum Gasteiger partial charge on any atom is -0.373 e. The van der Waals surface area contributed by atoms with Gasteiger partial charge in [-0.2, -0.15) is 0 Å². The molecule has 0 amide bonds. The van der Waals surface area contributed by atoms with Gasteiger partial charge in [-0.05, 0) is 5.57 Å². The van der Waals surface area contributed by atoms with Crippen molar-refractivity contribution in [3.8, 4) is 0 Å². The summed E-state index contributed by atoms with van der Waals surface area (Å²) in [5.41, 5.74) is 0.507. The Hall–Kier alpha value is -0.630. The molecule has 0 aromatic rings. The molecule has 0 saturated carbocycles. The molecule has 1 unspecified atom stereocenters. The van der Waals surface area contributed by atoms with Gasteiger partial charge in [0.2, 0.25) is 6.29 Å². The molecule has 0 aromatic carbocycles. The molecule has 1 radical (unpaired) electrons. The Balaban J connectivity index is 2.16. The van der Waals surface area contributed by atoms with Gasteiger partial charge in [-0.1, -0.05) is 6.58 Å². The third kappa shape index (κ3) is 1.46. The molecule has 2 heteroatoms. The summed E-state index contributed by atoms with van der Waals surface area (Å²) in [6, 6.07) is 0. The average Bonchev–Trinajstić information content (AvgIpc) is 2.50. The Morgan fingerprint density at radius 3 is 3.00 bits per heavy atom. The molecule has 0 bridgehead atoms. The molecule has 0 spiro atoms. The number of carbonyl (C=O) groups excluding carboxylic acids is 1. The Morgan fingerprint density at radius 2 is 2.62 bits per heavy atom. The molecule has 1 rings (SSSR count). The zero-order chi connectivity index (χ0) is 5.98. The highest BCUT2D eigenvalue weighted by molar-refractivity contribution is 5.72. The van der Waals surface area contributed by atoms with E-state index in [0.29, 0.717) is 12.0 Å². The Morgan fingerprint density at radius 1 is 2.00 bits per heavy atom.